The SMILES string of the molecule is O=C(/C=C/O[C@@H](C[C@H](CI)OCCBr)c1ccccc1)c1ccccc1. The quantitative estimate of drug-likeness (QED) is 0.122. The van der Waals surface area contributed by atoms with Gasteiger partial charge in [0.15, 0.2) is 5.78 Å². The number of hydrogen-bond donors (Lipinski definition) is 0. The summed E-state index contributed by atoms with van der Waals surface area (Å²) in [5.74, 6) is -0.0709. The number of carbonyl (C=O) groups is 1. The van der Waals surface area contributed by atoms with Crippen LogP contribution < -0.4 is 0 Å². The molecule has 2 aromatic rings. The van der Waals surface area contributed by atoms with E-state index in [1.54, 1.807) is 12.1 Å². The summed E-state index contributed by atoms with van der Waals surface area (Å²) in [7, 11) is 0. The van der Waals surface area contributed by atoms with Crippen molar-refractivity contribution in [2.75, 3.05) is 16.4 Å². The van der Waals surface area contributed by atoms with Crippen molar-refractivity contribution in [3.8, 4) is 0 Å². The maximum atomic E-state index is 12.2. The van der Waals surface area contributed by atoms with Crippen molar-refractivity contribution in [2.45, 2.75) is 18.6 Å². The molecule has 2 rings (SSSR count). The maximum Gasteiger partial charge on any atom is 0.188 e. The molecule has 0 fully saturated rings. The third-order valence-electron chi connectivity index (χ3n) is 3.77. The molecule has 5 heteroatoms. The largest absolute Gasteiger partial charge is 0.493 e. The highest BCUT2D eigenvalue weighted by Crippen LogP contribution is 2.25. The Morgan fingerprint density at radius 3 is 2.35 bits per heavy atom. The van der Waals surface area contributed by atoms with E-state index in [1.807, 2.05) is 48.5 Å². The Balaban J connectivity index is 2.04. The molecule has 0 amide bonds. The van der Waals surface area contributed by atoms with E-state index in [2.05, 4.69) is 38.5 Å². The fraction of sp³-hybridized carbons (Fsp3) is 0.286. The Kier molecular flexibility index (Phi) is 9.95. The molecule has 0 bridgehead atoms. The van der Waals surface area contributed by atoms with Crippen LogP contribution in [0.4, 0.5) is 0 Å². The minimum Gasteiger partial charge on any atom is -0.493 e. The number of carbonyl (C=O) groups excluding carboxylic acids is 1. The molecule has 0 aliphatic rings. The lowest BCUT2D eigenvalue weighted by atomic mass is 10.0. The zero-order valence-corrected chi connectivity index (χ0v) is 18.1. The van der Waals surface area contributed by atoms with Crippen molar-refractivity contribution in [1.82, 2.24) is 0 Å². The van der Waals surface area contributed by atoms with Gasteiger partial charge in [-0.05, 0) is 5.56 Å². The number of rotatable bonds is 11. The fourth-order valence-corrected chi connectivity index (χ4v) is 3.26. The van der Waals surface area contributed by atoms with Crippen LogP contribution in [-0.2, 0) is 9.47 Å². The van der Waals surface area contributed by atoms with Crippen LogP contribution in [0.15, 0.2) is 73.0 Å². The van der Waals surface area contributed by atoms with Crippen LogP contribution in [0.3, 0.4) is 0 Å². The van der Waals surface area contributed by atoms with Gasteiger partial charge < -0.3 is 9.47 Å². The fourth-order valence-electron chi connectivity index (χ4n) is 2.46. The normalized spacial score (nSPS) is 13.5. The topological polar surface area (TPSA) is 35.5 Å². The highest BCUT2D eigenvalue weighted by molar-refractivity contribution is 14.1. The summed E-state index contributed by atoms with van der Waals surface area (Å²) in [6.45, 7) is 0.664. The number of ether oxygens (including phenoxy) is 2. The second kappa shape index (κ2) is 12.3. The lowest BCUT2D eigenvalue weighted by Crippen LogP contribution is -2.20. The zero-order chi connectivity index (χ0) is 18.6. The van der Waals surface area contributed by atoms with Gasteiger partial charge in [0.2, 0.25) is 0 Å². The van der Waals surface area contributed by atoms with Gasteiger partial charge in [0, 0.05) is 27.8 Å². The first-order valence-electron chi connectivity index (χ1n) is 8.44. The van der Waals surface area contributed by atoms with Crippen LogP contribution in [0.2, 0.25) is 0 Å². The molecule has 2 atom stereocenters. The van der Waals surface area contributed by atoms with Crippen LogP contribution in [0.5, 0.6) is 0 Å². The van der Waals surface area contributed by atoms with E-state index >= 15 is 0 Å². The molecule has 26 heavy (non-hydrogen) atoms. The van der Waals surface area contributed by atoms with Crippen LogP contribution in [0, 0.1) is 0 Å². The maximum absolute atomic E-state index is 12.2. The Morgan fingerprint density at radius 2 is 1.73 bits per heavy atom. The van der Waals surface area contributed by atoms with E-state index in [4.69, 9.17) is 9.47 Å². The Bertz CT molecular complexity index is 676. The molecule has 0 unspecified atom stereocenters. The minimum absolute atomic E-state index is 0.0709. The Morgan fingerprint density at radius 1 is 1.08 bits per heavy atom. The molecule has 0 saturated carbocycles. The van der Waals surface area contributed by atoms with Crippen molar-refractivity contribution in [3.05, 3.63) is 84.1 Å². The molecular formula is C21H22BrIO3. The zero-order valence-electron chi connectivity index (χ0n) is 14.4. The summed E-state index contributed by atoms with van der Waals surface area (Å²) in [6.07, 6.45) is 3.64. The molecule has 0 spiro atoms. The standard InChI is InChI=1S/C21H22BrIO3/c22-12-14-25-19(16-23)15-21(18-9-5-2-6-10-18)26-13-11-20(24)17-7-3-1-4-8-17/h1-11,13,19,21H,12,14-16H2/b13-11+/t19-,21+/m1/s1. The second-order valence-electron chi connectivity index (χ2n) is 5.64. The van der Waals surface area contributed by atoms with Crippen molar-refractivity contribution in [3.63, 3.8) is 0 Å². The average Bonchev–Trinajstić information content (AvgIpc) is 2.71. The van der Waals surface area contributed by atoms with Gasteiger partial charge in [0.05, 0.1) is 19.0 Å². The molecule has 0 aromatic heterocycles. The lowest BCUT2D eigenvalue weighted by Gasteiger charge is -2.22. The lowest BCUT2D eigenvalue weighted by molar-refractivity contribution is 0.0303. The van der Waals surface area contributed by atoms with E-state index in [0.717, 1.165) is 21.7 Å². The second-order valence-corrected chi connectivity index (χ2v) is 7.31. The number of alkyl halides is 2. The van der Waals surface area contributed by atoms with Crippen molar-refractivity contribution in [1.29, 1.82) is 0 Å². The van der Waals surface area contributed by atoms with E-state index in [1.165, 1.54) is 12.3 Å². The molecule has 138 valence electrons. The number of benzene rings is 2. The summed E-state index contributed by atoms with van der Waals surface area (Å²) in [5, 5.41) is 0.808. The molecule has 0 aliphatic carbocycles. The first-order valence-corrected chi connectivity index (χ1v) is 11.1. The smallest absolute Gasteiger partial charge is 0.188 e. The van der Waals surface area contributed by atoms with Gasteiger partial charge in [-0.25, -0.2) is 0 Å². The van der Waals surface area contributed by atoms with Gasteiger partial charge in [-0.3, -0.25) is 4.79 Å². The van der Waals surface area contributed by atoms with Crippen LogP contribution in [0.25, 0.3) is 0 Å². The van der Waals surface area contributed by atoms with Crippen molar-refractivity contribution < 1.29 is 14.3 Å². The van der Waals surface area contributed by atoms with Crippen LogP contribution in [-0.4, -0.2) is 28.3 Å². The third kappa shape index (κ3) is 7.21. The Labute approximate surface area is 177 Å². The molecule has 0 N–H and O–H groups in total. The molecule has 0 aliphatic heterocycles. The van der Waals surface area contributed by atoms with Crippen molar-refractivity contribution in [2.24, 2.45) is 0 Å². The van der Waals surface area contributed by atoms with Gasteiger partial charge >= 0.3 is 0 Å². The molecule has 2 aromatic carbocycles. The number of hydrogen-bond acceptors (Lipinski definition) is 3. The first kappa shape index (κ1) is 21.1. The molecule has 3 nitrogen and oxygen atoms in total. The molecule has 0 heterocycles. The van der Waals surface area contributed by atoms with Gasteiger partial charge in [-0.1, -0.05) is 99.2 Å². The summed E-state index contributed by atoms with van der Waals surface area (Å²) >= 11 is 5.72. The number of allylic oxidation sites excluding steroid dienone is 1. The third-order valence-corrected chi connectivity index (χ3v) is 5.08. The van der Waals surface area contributed by atoms with E-state index in [0.29, 0.717) is 12.2 Å². The monoisotopic (exact) mass is 528 g/mol. The van der Waals surface area contributed by atoms with Gasteiger partial charge in [-0.2, -0.15) is 0 Å². The molecular weight excluding hydrogens is 507 g/mol. The highest BCUT2D eigenvalue weighted by atomic mass is 127. The average molecular weight is 529 g/mol. The van der Waals surface area contributed by atoms with Crippen LogP contribution in [0.1, 0.15) is 28.4 Å². The summed E-state index contributed by atoms with van der Waals surface area (Å²) < 4.78 is 12.7. The number of ketones is 1. The first-order chi connectivity index (χ1) is 12.7. The van der Waals surface area contributed by atoms with Gasteiger partial charge in [0.1, 0.15) is 6.10 Å². The van der Waals surface area contributed by atoms with Gasteiger partial charge in [0.25, 0.3) is 0 Å². The van der Waals surface area contributed by atoms with E-state index in [-0.39, 0.29) is 18.0 Å². The van der Waals surface area contributed by atoms with E-state index < -0.39 is 0 Å². The van der Waals surface area contributed by atoms with Gasteiger partial charge in [-0.15, -0.1) is 0 Å². The molecule has 0 radical (unpaired) electrons. The Hall–Kier alpha value is -1.18. The molecule has 0 saturated heterocycles. The summed E-state index contributed by atoms with van der Waals surface area (Å²) in [6, 6.07) is 19.2. The van der Waals surface area contributed by atoms with Crippen LogP contribution >= 0.6 is 38.5 Å². The summed E-state index contributed by atoms with van der Waals surface area (Å²) in [4.78, 5) is 12.2. The van der Waals surface area contributed by atoms with Crippen molar-refractivity contribution >= 4 is 44.3 Å². The highest BCUT2D eigenvalue weighted by Gasteiger charge is 2.18. The van der Waals surface area contributed by atoms with E-state index in [9.17, 15) is 4.79 Å². The predicted molar refractivity (Wildman–Crippen MR) is 117 cm³/mol. The summed E-state index contributed by atoms with van der Waals surface area (Å²) in [5.41, 5.74) is 1.72. The minimum atomic E-state index is -0.161. The predicted octanol–water partition coefficient (Wildman–Crippen LogP) is 5.75. The number of halogens is 2.